The van der Waals surface area contributed by atoms with Crippen molar-refractivity contribution in [3.63, 3.8) is 0 Å². The number of ether oxygens (including phenoxy) is 1. The van der Waals surface area contributed by atoms with Crippen molar-refractivity contribution >= 4 is 5.91 Å². The van der Waals surface area contributed by atoms with E-state index in [1.807, 2.05) is 13.8 Å². The van der Waals surface area contributed by atoms with Gasteiger partial charge in [0.1, 0.15) is 5.69 Å². The second-order valence-corrected chi connectivity index (χ2v) is 9.30. The molecule has 4 atom stereocenters. The Morgan fingerprint density at radius 3 is 3.04 bits per heavy atom. The van der Waals surface area contributed by atoms with E-state index < -0.39 is 0 Å². The van der Waals surface area contributed by atoms with Crippen molar-refractivity contribution in [2.45, 2.75) is 64.7 Å². The molecule has 4 rings (SSSR count). The summed E-state index contributed by atoms with van der Waals surface area (Å²) in [6.45, 7) is 12.3. The second-order valence-electron chi connectivity index (χ2n) is 9.30. The molecule has 154 valence electrons. The van der Waals surface area contributed by atoms with Crippen molar-refractivity contribution in [1.29, 1.82) is 0 Å². The van der Waals surface area contributed by atoms with E-state index in [2.05, 4.69) is 35.2 Å². The summed E-state index contributed by atoms with van der Waals surface area (Å²) in [6.07, 6.45) is 7.73. The van der Waals surface area contributed by atoms with Gasteiger partial charge in [0, 0.05) is 50.3 Å². The number of nitrogens with zero attached hydrogens (tertiary/aromatic N) is 3. The predicted molar refractivity (Wildman–Crippen MR) is 109 cm³/mol. The van der Waals surface area contributed by atoms with Gasteiger partial charge in [-0.05, 0) is 53.0 Å². The topological polar surface area (TPSA) is 59.4 Å². The minimum Gasteiger partial charge on any atom is -0.370 e. The number of nitrogens with one attached hydrogen (secondary N) is 1. The summed E-state index contributed by atoms with van der Waals surface area (Å²) in [5, 5.41) is 7.46. The molecule has 0 aromatic carbocycles. The number of carbonyl (C=O) groups excluding carboxylic acids is 1. The van der Waals surface area contributed by atoms with Crippen molar-refractivity contribution in [3.8, 4) is 0 Å². The van der Waals surface area contributed by atoms with E-state index >= 15 is 0 Å². The van der Waals surface area contributed by atoms with Crippen LogP contribution in [0.4, 0.5) is 0 Å². The summed E-state index contributed by atoms with van der Waals surface area (Å²) in [5.41, 5.74) is 2.06. The van der Waals surface area contributed by atoms with E-state index in [0.29, 0.717) is 30.2 Å². The molecule has 0 radical (unpaired) electrons. The molecule has 6 heteroatoms. The smallest absolute Gasteiger partial charge is 0.269 e. The van der Waals surface area contributed by atoms with E-state index in [-0.39, 0.29) is 17.6 Å². The lowest BCUT2D eigenvalue weighted by atomic mass is 9.73. The number of fused-ring (bicyclic) bond motifs is 1. The van der Waals surface area contributed by atoms with E-state index in [4.69, 9.17) is 4.74 Å². The van der Waals surface area contributed by atoms with Crippen molar-refractivity contribution in [2.24, 2.45) is 11.8 Å². The number of rotatable bonds is 7. The van der Waals surface area contributed by atoms with Crippen LogP contribution in [0.1, 0.15) is 63.5 Å². The van der Waals surface area contributed by atoms with Gasteiger partial charge in [0.15, 0.2) is 0 Å². The molecule has 4 heterocycles. The maximum atomic E-state index is 12.7. The summed E-state index contributed by atoms with van der Waals surface area (Å²) in [4.78, 5) is 15.3. The van der Waals surface area contributed by atoms with Crippen LogP contribution < -0.4 is 5.32 Å². The first-order valence-corrected chi connectivity index (χ1v) is 10.7. The Kier molecular flexibility index (Phi) is 5.36. The van der Waals surface area contributed by atoms with E-state index in [9.17, 15) is 4.79 Å². The Bertz CT molecular complexity index is 751. The molecule has 1 amide bonds. The fourth-order valence-corrected chi connectivity index (χ4v) is 5.47. The monoisotopic (exact) mass is 386 g/mol. The van der Waals surface area contributed by atoms with Crippen LogP contribution in [0.3, 0.4) is 0 Å². The van der Waals surface area contributed by atoms with Gasteiger partial charge in [-0.1, -0.05) is 11.6 Å². The number of likely N-dealkylation sites (tertiary alicyclic amines) is 1. The quantitative estimate of drug-likeness (QED) is 0.732. The first-order valence-electron chi connectivity index (χ1n) is 10.7. The van der Waals surface area contributed by atoms with Crippen LogP contribution in [0.2, 0.25) is 0 Å². The molecule has 0 saturated carbocycles. The molecule has 1 aromatic rings. The molecule has 3 saturated heterocycles. The Balaban J connectivity index is 1.37. The zero-order valence-electron chi connectivity index (χ0n) is 17.6. The highest BCUT2D eigenvalue weighted by molar-refractivity contribution is 5.92. The lowest BCUT2D eigenvalue weighted by Crippen LogP contribution is -2.42. The molecule has 2 bridgehead atoms. The SMILES string of the molecule is CC(C)=CCCN1C[C@@H]2[C@H](CNC(=O)c3ccnn3C(C)C)[C@H]3CC[C@]2(C1)O3. The number of amides is 1. The zero-order valence-corrected chi connectivity index (χ0v) is 17.6. The largest absolute Gasteiger partial charge is 0.370 e. The Hall–Kier alpha value is -1.66. The van der Waals surface area contributed by atoms with E-state index in [0.717, 1.165) is 32.5 Å². The van der Waals surface area contributed by atoms with Gasteiger partial charge in [-0.25, -0.2) is 0 Å². The summed E-state index contributed by atoms with van der Waals surface area (Å²) in [7, 11) is 0. The third-order valence-electron chi connectivity index (χ3n) is 6.74. The number of carbonyl (C=O) groups is 1. The van der Waals surface area contributed by atoms with Gasteiger partial charge in [-0.3, -0.25) is 14.4 Å². The number of aromatic nitrogens is 2. The zero-order chi connectivity index (χ0) is 19.9. The number of allylic oxidation sites excluding steroid dienone is 1. The van der Waals surface area contributed by atoms with Crippen LogP contribution in [-0.4, -0.2) is 58.5 Å². The standard InChI is InChI=1S/C22H34N4O2/c1-15(2)6-5-11-25-13-18-17(20-7-9-22(18,14-25)28-20)12-23-21(27)19-8-10-24-26(19)16(3)4/h6,8,10,16-18,20H,5,7,9,11-14H2,1-4H3,(H,23,27)/t17-,18+,20+,22+/m0/s1. The molecule has 1 N–H and O–H groups in total. The van der Waals surface area contributed by atoms with Crippen LogP contribution in [-0.2, 0) is 4.74 Å². The van der Waals surface area contributed by atoms with Crippen LogP contribution in [0.15, 0.2) is 23.9 Å². The average molecular weight is 387 g/mol. The van der Waals surface area contributed by atoms with Crippen LogP contribution >= 0.6 is 0 Å². The van der Waals surface area contributed by atoms with Crippen LogP contribution in [0.25, 0.3) is 0 Å². The van der Waals surface area contributed by atoms with Gasteiger partial charge in [0.25, 0.3) is 5.91 Å². The molecule has 6 nitrogen and oxygen atoms in total. The molecule has 28 heavy (non-hydrogen) atoms. The highest BCUT2D eigenvalue weighted by atomic mass is 16.5. The van der Waals surface area contributed by atoms with Crippen molar-refractivity contribution < 1.29 is 9.53 Å². The summed E-state index contributed by atoms with van der Waals surface area (Å²) >= 11 is 0. The van der Waals surface area contributed by atoms with Gasteiger partial charge < -0.3 is 10.1 Å². The number of hydrogen-bond donors (Lipinski definition) is 1. The summed E-state index contributed by atoms with van der Waals surface area (Å²) in [5.74, 6) is 0.927. The molecular formula is C22H34N4O2. The highest BCUT2D eigenvalue weighted by Crippen LogP contribution is 2.54. The molecule has 0 unspecified atom stereocenters. The lowest BCUT2D eigenvalue weighted by Gasteiger charge is -2.29. The second kappa shape index (κ2) is 7.64. The minimum absolute atomic E-state index is 0.0264. The predicted octanol–water partition coefficient (Wildman–Crippen LogP) is 3.03. The Labute approximate surface area is 168 Å². The first-order chi connectivity index (χ1) is 13.4. The maximum Gasteiger partial charge on any atom is 0.269 e. The van der Waals surface area contributed by atoms with Gasteiger partial charge >= 0.3 is 0 Å². The van der Waals surface area contributed by atoms with Crippen LogP contribution in [0, 0.1) is 11.8 Å². The molecule has 3 fully saturated rings. The number of hydrogen-bond acceptors (Lipinski definition) is 4. The van der Waals surface area contributed by atoms with E-state index in [1.54, 1.807) is 16.9 Å². The van der Waals surface area contributed by atoms with Gasteiger partial charge in [-0.15, -0.1) is 0 Å². The average Bonchev–Trinajstić information content (AvgIpc) is 3.38. The summed E-state index contributed by atoms with van der Waals surface area (Å²) in [6, 6.07) is 1.98. The molecule has 0 aliphatic carbocycles. The van der Waals surface area contributed by atoms with Gasteiger partial charge in [-0.2, -0.15) is 5.10 Å². The fraction of sp³-hybridized carbons (Fsp3) is 0.727. The van der Waals surface area contributed by atoms with Crippen molar-refractivity contribution in [3.05, 3.63) is 29.6 Å². The molecule has 3 aliphatic rings. The highest BCUT2D eigenvalue weighted by Gasteiger charge is 2.62. The molecule has 1 spiro atoms. The van der Waals surface area contributed by atoms with Crippen molar-refractivity contribution in [2.75, 3.05) is 26.2 Å². The molecule has 3 aliphatic heterocycles. The third kappa shape index (κ3) is 3.52. The Morgan fingerprint density at radius 1 is 1.46 bits per heavy atom. The van der Waals surface area contributed by atoms with Gasteiger partial charge in [0.05, 0.1) is 11.7 Å². The minimum atomic E-state index is -0.0264. The van der Waals surface area contributed by atoms with Crippen LogP contribution in [0.5, 0.6) is 0 Å². The lowest BCUT2D eigenvalue weighted by molar-refractivity contribution is 0.00290. The van der Waals surface area contributed by atoms with Crippen molar-refractivity contribution in [1.82, 2.24) is 20.0 Å². The molecule has 1 aromatic heterocycles. The normalized spacial score (nSPS) is 31.4. The fourth-order valence-electron chi connectivity index (χ4n) is 5.47. The third-order valence-corrected chi connectivity index (χ3v) is 6.74. The Morgan fingerprint density at radius 2 is 2.29 bits per heavy atom. The van der Waals surface area contributed by atoms with Gasteiger partial charge in [0.2, 0.25) is 0 Å². The summed E-state index contributed by atoms with van der Waals surface area (Å²) < 4.78 is 8.30. The molecular weight excluding hydrogens is 352 g/mol. The maximum absolute atomic E-state index is 12.7. The first kappa shape index (κ1) is 19.6. The van der Waals surface area contributed by atoms with E-state index in [1.165, 1.54) is 12.0 Å².